The Balaban J connectivity index is 4.31. The van der Waals surface area contributed by atoms with Crippen molar-refractivity contribution in [2.24, 2.45) is 5.73 Å². The van der Waals surface area contributed by atoms with E-state index in [4.69, 9.17) is 10.5 Å². The summed E-state index contributed by atoms with van der Waals surface area (Å²) in [6.45, 7) is 4.92. The molecule has 0 aliphatic rings. The van der Waals surface area contributed by atoms with Crippen molar-refractivity contribution in [3.05, 3.63) is 24.3 Å². The van der Waals surface area contributed by atoms with Crippen molar-refractivity contribution in [3.63, 3.8) is 0 Å². The van der Waals surface area contributed by atoms with Gasteiger partial charge in [0.25, 0.3) is 0 Å². The Labute approximate surface area is 302 Å². The summed E-state index contributed by atoms with van der Waals surface area (Å²) < 4.78 is 5.95. The molecule has 2 unspecified atom stereocenters. The molecule has 0 aliphatic carbocycles. The molecular weight excluding hydrogens is 612 g/mol. The van der Waals surface area contributed by atoms with E-state index in [-0.39, 0.29) is 18.0 Å². The molecule has 0 aliphatic heterocycles. The minimum Gasteiger partial charge on any atom is -0.480 e. The third-order valence-electron chi connectivity index (χ3n) is 9.22. The van der Waals surface area contributed by atoms with Gasteiger partial charge in [-0.15, -0.1) is 0 Å². The number of carbonyl (C=O) groups is 3. The first-order valence-corrected chi connectivity index (χ1v) is 20.7. The molecule has 0 saturated carbocycles. The number of aliphatic carboxylic acids is 1. The van der Waals surface area contributed by atoms with Gasteiger partial charge in [0.15, 0.2) is 0 Å². The molecule has 0 radical (unpaired) electrons. The van der Waals surface area contributed by atoms with Crippen LogP contribution in [-0.4, -0.2) is 41.6 Å². The lowest BCUT2D eigenvalue weighted by atomic mass is 10.0. The number of carboxylic acids is 1. The van der Waals surface area contributed by atoms with Crippen LogP contribution in [0.15, 0.2) is 24.3 Å². The molecule has 2 atom stereocenters. The molecule has 0 spiro atoms. The maximum absolute atomic E-state index is 12.7. The summed E-state index contributed by atoms with van der Waals surface area (Å²) >= 11 is 0. The SMILES string of the molecule is CCCCCC/C=C\CCCCCCCC(=O)OC(/C=C\CCCCCCCCC)CCCCCCCCC(=O)NC(CCCN)C(=O)O. The van der Waals surface area contributed by atoms with Crippen LogP contribution in [0, 0.1) is 0 Å². The van der Waals surface area contributed by atoms with Gasteiger partial charge in [-0.25, -0.2) is 4.79 Å². The van der Waals surface area contributed by atoms with Crippen molar-refractivity contribution < 1.29 is 24.2 Å². The highest BCUT2D eigenvalue weighted by molar-refractivity contribution is 5.83. The van der Waals surface area contributed by atoms with Crippen molar-refractivity contribution in [3.8, 4) is 0 Å². The quantitative estimate of drug-likeness (QED) is 0.0339. The molecule has 7 heteroatoms. The summed E-state index contributed by atoms with van der Waals surface area (Å²) in [7, 11) is 0. The third-order valence-corrected chi connectivity index (χ3v) is 9.22. The second-order valence-electron chi connectivity index (χ2n) is 14.0. The topological polar surface area (TPSA) is 119 Å². The average molecular weight is 691 g/mol. The lowest BCUT2D eigenvalue weighted by Gasteiger charge is -2.15. The van der Waals surface area contributed by atoms with E-state index in [0.29, 0.717) is 32.2 Å². The molecule has 4 N–H and O–H groups in total. The van der Waals surface area contributed by atoms with E-state index < -0.39 is 12.0 Å². The number of unbranched alkanes of at least 4 members (excludes halogenated alkanes) is 21. The number of hydrogen-bond acceptors (Lipinski definition) is 5. The van der Waals surface area contributed by atoms with Gasteiger partial charge >= 0.3 is 11.9 Å². The molecule has 0 heterocycles. The first-order valence-electron chi connectivity index (χ1n) is 20.7. The minimum absolute atomic E-state index is 0.0666. The van der Waals surface area contributed by atoms with E-state index in [2.05, 4.69) is 43.5 Å². The van der Waals surface area contributed by atoms with Crippen LogP contribution < -0.4 is 11.1 Å². The Morgan fingerprint density at radius 3 is 1.61 bits per heavy atom. The van der Waals surface area contributed by atoms with Crippen LogP contribution in [0.25, 0.3) is 0 Å². The zero-order valence-electron chi connectivity index (χ0n) is 32.0. The Morgan fingerprint density at radius 1 is 0.592 bits per heavy atom. The van der Waals surface area contributed by atoms with Crippen molar-refractivity contribution in [2.75, 3.05) is 6.54 Å². The average Bonchev–Trinajstić information content (AvgIpc) is 3.08. The smallest absolute Gasteiger partial charge is 0.326 e. The van der Waals surface area contributed by atoms with Crippen LogP contribution in [0.4, 0.5) is 0 Å². The number of nitrogens with two attached hydrogens (primary N) is 1. The monoisotopic (exact) mass is 691 g/mol. The number of ether oxygens (including phenoxy) is 1. The third kappa shape index (κ3) is 34.1. The lowest BCUT2D eigenvalue weighted by Crippen LogP contribution is -2.40. The molecule has 1 amide bonds. The Morgan fingerprint density at radius 2 is 1.06 bits per heavy atom. The Kier molecular flexibility index (Phi) is 35.5. The zero-order chi connectivity index (χ0) is 36.0. The molecular formula is C42H78N2O5. The molecule has 49 heavy (non-hydrogen) atoms. The van der Waals surface area contributed by atoms with Gasteiger partial charge < -0.3 is 20.9 Å². The largest absolute Gasteiger partial charge is 0.480 e. The van der Waals surface area contributed by atoms with Gasteiger partial charge in [0.2, 0.25) is 5.91 Å². The highest BCUT2D eigenvalue weighted by atomic mass is 16.5. The number of hydrogen-bond donors (Lipinski definition) is 3. The predicted octanol–water partition coefficient (Wildman–Crippen LogP) is 11.3. The van der Waals surface area contributed by atoms with E-state index in [1.54, 1.807) is 0 Å². The molecule has 7 nitrogen and oxygen atoms in total. The standard InChI is InChI=1S/C42H78N2O5/c1-3-5-7-9-11-13-14-15-16-18-20-26-30-36-41(46)49-38(32-27-23-19-17-12-10-8-6-4-2)33-28-24-21-22-25-29-35-40(45)44-39(42(47)48)34-31-37-43/h13-14,27,32,38-39H,3-12,15-26,28-31,33-37,43H2,1-2H3,(H,44,45)(H,47,48)/b14-13-,32-27-. The van der Waals surface area contributed by atoms with E-state index in [1.165, 1.54) is 103 Å². The summed E-state index contributed by atoms with van der Waals surface area (Å²) in [5.41, 5.74) is 5.47. The van der Waals surface area contributed by atoms with Crippen LogP contribution in [0.2, 0.25) is 0 Å². The number of carboxylic acid groups (broad SMARTS) is 1. The first kappa shape index (κ1) is 46.9. The van der Waals surface area contributed by atoms with E-state index in [0.717, 1.165) is 64.2 Å². The second kappa shape index (κ2) is 37.1. The predicted molar refractivity (Wildman–Crippen MR) is 207 cm³/mol. The summed E-state index contributed by atoms with van der Waals surface area (Å²) in [5, 5.41) is 11.9. The van der Waals surface area contributed by atoms with Crippen molar-refractivity contribution >= 4 is 17.8 Å². The number of allylic oxidation sites excluding steroid dienone is 3. The summed E-state index contributed by atoms with van der Waals surface area (Å²) in [6.07, 6.45) is 40.9. The molecule has 286 valence electrons. The number of carbonyl (C=O) groups excluding carboxylic acids is 2. The van der Waals surface area contributed by atoms with Crippen molar-refractivity contribution in [2.45, 2.75) is 219 Å². The van der Waals surface area contributed by atoms with Gasteiger partial charge in [0, 0.05) is 12.8 Å². The second-order valence-corrected chi connectivity index (χ2v) is 14.0. The van der Waals surface area contributed by atoms with Crippen LogP contribution in [-0.2, 0) is 19.1 Å². The summed E-state index contributed by atoms with van der Waals surface area (Å²) in [4.78, 5) is 36.2. The first-order chi connectivity index (χ1) is 23.9. The van der Waals surface area contributed by atoms with E-state index >= 15 is 0 Å². The molecule has 0 fully saturated rings. The Hall–Kier alpha value is -2.15. The van der Waals surface area contributed by atoms with Crippen molar-refractivity contribution in [1.82, 2.24) is 5.32 Å². The molecule has 0 rings (SSSR count). The summed E-state index contributed by atoms with van der Waals surface area (Å²) in [5.74, 6) is -1.27. The van der Waals surface area contributed by atoms with Crippen LogP contribution >= 0.6 is 0 Å². The molecule has 0 bridgehead atoms. The highest BCUT2D eigenvalue weighted by Crippen LogP contribution is 2.16. The number of rotatable bonds is 37. The van der Waals surface area contributed by atoms with Crippen LogP contribution in [0.3, 0.4) is 0 Å². The van der Waals surface area contributed by atoms with E-state index in [1.807, 2.05) is 0 Å². The number of amides is 1. The number of esters is 1. The number of nitrogens with one attached hydrogen (secondary N) is 1. The lowest BCUT2D eigenvalue weighted by molar-refractivity contribution is -0.147. The normalized spacial score (nSPS) is 12.9. The fraction of sp³-hybridized carbons (Fsp3) is 0.833. The van der Waals surface area contributed by atoms with Gasteiger partial charge in [0.05, 0.1) is 0 Å². The molecule has 0 aromatic rings. The molecule has 0 saturated heterocycles. The molecule has 0 aromatic heterocycles. The van der Waals surface area contributed by atoms with Gasteiger partial charge in [-0.2, -0.15) is 0 Å². The zero-order valence-corrected chi connectivity index (χ0v) is 32.0. The fourth-order valence-corrected chi connectivity index (χ4v) is 6.06. The van der Waals surface area contributed by atoms with Gasteiger partial charge in [-0.05, 0) is 89.7 Å². The minimum atomic E-state index is -1.00. The fourth-order valence-electron chi connectivity index (χ4n) is 6.06. The Bertz CT molecular complexity index is 828. The van der Waals surface area contributed by atoms with Gasteiger partial charge in [-0.1, -0.05) is 135 Å². The molecule has 0 aromatic carbocycles. The van der Waals surface area contributed by atoms with Gasteiger partial charge in [-0.3, -0.25) is 9.59 Å². The van der Waals surface area contributed by atoms with Crippen LogP contribution in [0.1, 0.15) is 206 Å². The van der Waals surface area contributed by atoms with Crippen LogP contribution in [0.5, 0.6) is 0 Å². The highest BCUT2D eigenvalue weighted by Gasteiger charge is 2.18. The van der Waals surface area contributed by atoms with Crippen molar-refractivity contribution in [1.29, 1.82) is 0 Å². The summed E-state index contributed by atoms with van der Waals surface area (Å²) in [6, 6.07) is -0.852. The maximum Gasteiger partial charge on any atom is 0.326 e. The van der Waals surface area contributed by atoms with Gasteiger partial charge in [0.1, 0.15) is 12.1 Å². The maximum atomic E-state index is 12.7. The van der Waals surface area contributed by atoms with E-state index in [9.17, 15) is 19.5 Å².